The molecule has 0 heterocycles. The molecule has 0 aliphatic heterocycles. The SMILES string of the molecule is CNC(=O)CCCOc1ccc(S(N)(=O)=O)cc1C(C)C. The van der Waals surface area contributed by atoms with Crippen LogP contribution in [-0.2, 0) is 14.8 Å². The first-order chi connectivity index (χ1) is 9.75. The second-order valence-corrected chi connectivity index (χ2v) is 6.59. The van der Waals surface area contributed by atoms with Crippen LogP contribution in [0.5, 0.6) is 5.75 Å². The van der Waals surface area contributed by atoms with E-state index in [9.17, 15) is 13.2 Å². The third-order valence-corrected chi connectivity index (χ3v) is 3.93. The van der Waals surface area contributed by atoms with Crippen LogP contribution in [0.25, 0.3) is 0 Å². The van der Waals surface area contributed by atoms with E-state index < -0.39 is 10.0 Å². The average Bonchev–Trinajstić information content (AvgIpc) is 2.41. The number of sulfonamides is 1. The van der Waals surface area contributed by atoms with Crippen molar-refractivity contribution < 1.29 is 17.9 Å². The molecule has 3 N–H and O–H groups in total. The Morgan fingerprint density at radius 3 is 2.57 bits per heavy atom. The predicted octanol–water partition coefficient (Wildman–Crippen LogP) is 1.36. The van der Waals surface area contributed by atoms with E-state index in [0.29, 0.717) is 25.2 Å². The highest BCUT2D eigenvalue weighted by molar-refractivity contribution is 7.89. The van der Waals surface area contributed by atoms with Crippen LogP contribution in [0.3, 0.4) is 0 Å². The molecule has 0 aliphatic carbocycles. The molecule has 118 valence electrons. The molecule has 0 radical (unpaired) electrons. The van der Waals surface area contributed by atoms with Crippen molar-refractivity contribution in [3.63, 3.8) is 0 Å². The predicted molar refractivity (Wildman–Crippen MR) is 80.7 cm³/mol. The van der Waals surface area contributed by atoms with Crippen LogP contribution in [0.4, 0.5) is 0 Å². The normalized spacial score (nSPS) is 11.5. The molecule has 1 amide bonds. The quantitative estimate of drug-likeness (QED) is 0.742. The fourth-order valence-electron chi connectivity index (χ4n) is 1.83. The van der Waals surface area contributed by atoms with E-state index >= 15 is 0 Å². The number of ether oxygens (including phenoxy) is 1. The minimum absolute atomic E-state index is 0.0349. The Morgan fingerprint density at radius 1 is 1.38 bits per heavy atom. The van der Waals surface area contributed by atoms with Gasteiger partial charge in [0, 0.05) is 13.5 Å². The van der Waals surface area contributed by atoms with Gasteiger partial charge in [-0.25, -0.2) is 13.6 Å². The van der Waals surface area contributed by atoms with Crippen molar-refractivity contribution >= 4 is 15.9 Å². The van der Waals surface area contributed by atoms with Gasteiger partial charge in [0.1, 0.15) is 5.75 Å². The van der Waals surface area contributed by atoms with E-state index in [0.717, 1.165) is 5.56 Å². The van der Waals surface area contributed by atoms with Crippen molar-refractivity contribution in [1.29, 1.82) is 0 Å². The molecule has 0 atom stereocenters. The summed E-state index contributed by atoms with van der Waals surface area (Å²) in [5.41, 5.74) is 0.779. The fraction of sp³-hybridized carbons (Fsp3) is 0.500. The van der Waals surface area contributed by atoms with Crippen LogP contribution >= 0.6 is 0 Å². The minimum atomic E-state index is -3.72. The number of rotatable bonds is 7. The summed E-state index contributed by atoms with van der Waals surface area (Å²) in [7, 11) is -2.13. The third kappa shape index (κ3) is 5.35. The number of carbonyl (C=O) groups excluding carboxylic acids is 1. The number of nitrogens with two attached hydrogens (primary N) is 1. The molecule has 0 aromatic heterocycles. The first kappa shape index (κ1) is 17.5. The Bertz CT molecular complexity index is 597. The summed E-state index contributed by atoms with van der Waals surface area (Å²) in [6.07, 6.45) is 0.983. The summed E-state index contributed by atoms with van der Waals surface area (Å²) >= 11 is 0. The van der Waals surface area contributed by atoms with Crippen molar-refractivity contribution in [2.24, 2.45) is 5.14 Å². The summed E-state index contributed by atoms with van der Waals surface area (Å²) < 4.78 is 28.4. The number of nitrogens with one attached hydrogen (secondary N) is 1. The molecule has 0 spiro atoms. The molecule has 0 unspecified atom stereocenters. The lowest BCUT2D eigenvalue weighted by Gasteiger charge is -2.15. The van der Waals surface area contributed by atoms with Gasteiger partial charge in [-0.1, -0.05) is 13.8 Å². The molecular formula is C14H22N2O4S. The third-order valence-electron chi connectivity index (χ3n) is 3.02. The summed E-state index contributed by atoms with van der Waals surface area (Å²) in [4.78, 5) is 11.2. The molecule has 0 saturated carbocycles. The van der Waals surface area contributed by atoms with E-state index in [1.54, 1.807) is 13.1 Å². The number of primary sulfonamides is 1. The lowest BCUT2D eigenvalue weighted by atomic mass is 10.0. The summed E-state index contributed by atoms with van der Waals surface area (Å²) in [6.45, 7) is 4.28. The molecule has 1 aromatic carbocycles. The van der Waals surface area contributed by atoms with Crippen LogP contribution < -0.4 is 15.2 Å². The maximum Gasteiger partial charge on any atom is 0.238 e. The molecule has 0 fully saturated rings. The van der Waals surface area contributed by atoms with Gasteiger partial charge in [-0.05, 0) is 36.1 Å². The second-order valence-electron chi connectivity index (χ2n) is 5.02. The van der Waals surface area contributed by atoms with Gasteiger partial charge in [-0.15, -0.1) is 0 Å². The fourth-order valence-corrected chi connectivity index (χ4v) is 2.37. The average molecular weight is 314 g/mol. The Labute approximate surface area is 125 Å². The van der Waals surface area contributed by atoms with Crippen molar-refractivity contribution in [2.75, 3.05) is 13.7 Å². The number of hydrogen-bond donors (Lipinski definition) is 2. The van der Waals surface area contributed by atoms with Crippen LogP contribution in [0.1, 0.15) is 38.2 Å². The van der Waals surface area contributed by atoms with E-state index in [1.165, 1.54) is 12.1 Å². The lowest BCUT2D eigenvalue weighted by Crippen LogP contribution is -2.18. The zero-order chi connectivity index (χ0) is 16.0. The van der Waals surface area contributed by atoms with Crippen molar-refractivity contribution in [1.82, 2.24) is 5.32 Å². The van der Waals surface area contributed by atoms with Crippen LogP contribution in [0, 0.1) is 0 Å². The number of hydrogen-bond acceptors (Lipinski definition) is 4. The minimum Gasteiger partial charge on any atom is -0.493 e. The van der Waals surface area contributed by atoms with Gasteiger partial charge < -0.3 is 10.1 Å². The van der Waals surface area contributed by atoms with Gasteiger partial charge >= 0.3 is 0 Å². The molecule has 1 rings (SSSR count). The summed E-state index contributed by atoms with van der Waals surface area (Å²) in [6, 6.07) is 4.57. The summed E-state index contributed by atoms with van der Waals surface area (Å²) in [5, 5.41) is 7.68. The van der Waals surface area contributed by atoms with Crippen molar-refractivity contribution in [3.8, 4) is 5.75 Å². The molecule has 0 aliphatic rings. The van der Waals surface area contributed by atoms with Gasteiger partial charge in [0.25, 0.3) is 0 Å². The highest BCUT2D eigenvalue weighted by atomic mass is 32.2. The lowest BCUT2D eigenvalue weighted by molar-refractivity contribution is -0.120. The highest BCUT2D eigenvalue weighted by Gasteiger charge is 2.14. The summed E-state index contributed by atoms with van der Waals surface area (Å²) in [5.74, 6) is 0.683. The topological polar surface area (TPSA) is 98.5 Å². The standard InChI is InChI=1S/C14H22N2O4S/c1-10(2)12-9-11(21(15,18)19)6-7-13(12)20-8-4-5-14(17)16-3/h6-7,9-10H,4-5,8H2,1-3H3,(H,16,17)(H2,15,18,19). The van der Waals surface area contributed by atoms with Crippen LogP contribution in [0.2, 0.25) is 0 Å². The van der Waals surface area contributed by atoms with E-state index in [4.69, 9.17) is 9.88 Å². The molecule has 6 nitrogen and oxygen atoms in total. The Balaban J connectivity index is 2.80. The molecule has 0 bridgehead atoms. The first-order valence-electron chi connectivity index (χ1n) is 6.76. The molecule has 1 aromatic rings. The van der Waals surface area contributed by atoms with Gasteiger partial charge in [-0.2, -0.15) is 0 Å². The van der Waals surface area contributed by atoms with Gasteiger partial charge in [0.05, 0.1) is 11.5 Å². The first-order valence-corrected chi connectivity index (χ1v) is 8.30. The maximum atomic E-state index is 11.4. The maximum absolute atomic E-state index is 11.4. The Hall–Kier alpha value is -1.60. The molecule has 7 heteroatoms. The number of amides is 1. The number of benzene rings is 1. The van der Waals surface area contributed by atoms with Gasteiger partial charge in [0.15, 0.2) is 0 Å². The second kappa shape index (κ2) is 7.42. The Morgan fingerprint density at radius 2 is 2.05 bits per heavy atom. The van der Waals surface area contributed by atoms with Gasteiger partial charge in [0.2, 0.25) is 15.9 Å². The van der Waals surface area contributed by atoms with E-state index in [2.05, 4.69) is 5.32 Å². The largest absolute Gasteiger partial charge is 0.493 e. The van der Waals surface area contributed by atoms with E-state index in [1.807, 2.05) is 13.8 Å². The Kier molecular flexibility index (Phi) is 6.17. The smallest absolute Gasteiger partial charge is 0.238 e. The highest BCUT2D eigenvalue weighted by Crippen LogP contribution is 2.29. The monoisotopic (exact) mass is 314 g/mol. The zero-order valence-electron chi connectivity index (χ0n) is 12.5. The zero-order valence-corrected chi connectivity index (χ0v) is 13.4. The van der Waals surface area contributed by atoms with Gasteiger partial charge in [-0.3, -0.25) is 4.79 Å². The number of carbonyl (C=O) groups is 1. The van der Waals surface area contributed by atoms with E-state index in [-0.39, 0.29) is 16.7 Å². The van der Waals surface area contributed by atoms with Crippen LogP contribution in [0.15, 0.2) is 23.1 Å². The van der Waals surface area contributed by atoms with Crippen molar-refractivity contribution in [2.45, 2.75) is 37.5 Å². The molecule has 21 heavy (non-hydrogen) atoms. The van der Waals surface area contributed by atoms with Crippen LogP contribution in [-0.4, -0.2) is 28.0 Å². The molecule has 0 saturated heterocycles. The van der Waals surface area contributed by atoms with Crippen molar-refractivity contribution in [3.05, 3.63) is 23.8 Å². The molecular weight excluding hydrogens is 292 g/mol.